The van der Waals surface area contributed by atoms with Gasteiger partial charge in [-0.2, -0.15) is 13.2 Å². The Morgan fingerprint density at radius 1 is 1.16 bits per heavy atom. The molecule has 3 saturated carbocycles. The van der Waals surface area contributed by atoms with E-state index in [2.05, 4.69) is 22.2 Å². The van der Waals surface area contributed by atoms with Crippen molar-refractivity contribution in [3.63, 3.8) is 0 Å². The van der Waals surface area contributed by atoms with Crippen LogP contribution in [-0.4, -0.2) is 35.9 Å². The number of nitrogens with one attached hydrogen (secondary N) is 2. The average molecular weight is 525 g/mol. The predicted molar refractivity (Wildman–Crippen MR) is 135 cm³/mol. The number of hydrogen-bond acceptors (Lipinski definition) is 4. The largest absolute Gasteiger partial charge is 0.419 e. The molecule has 10 heteroatoms. The number of rotatable bonds is 3. The summed E-state index contributed by atoms with van der Waals surface area (Å²) in [6.45, 7) is 6.29. The van der Waals surface area contributed by atoms with Gasteiger partial charge in [-0.3, -0.25) is 9.59 Å². The first-order valence-electron chi connectivity index (χ1n) is 12.8. The van der Waals surface area contributed by atoms with Gasteiger partial charge in [-0.05, 0) is 62.5 Å². The minimum Gasteiger partial charge on any atom is -0.398 e. The fourth-order valence-electron chi connectivity index (χ4n) is 4.38. The molecule has 37 heavy (non-hydrogen) atoms. The zero-order chi connectivity index (χ0) is 27.4. The molecule has 1 aromatic heterocycles. The minimum absolute atomic E-state index is 0.0722. The van der Waals surface area contributed by atoms with Crippen LogP contribution in [0.25, 0.3) is 0 Å². The zero-order valence-corrected chi connectivity index (χ0v) is 21.6. The molecule has 2 aromatic rings. The predicted octanol–water partition coefficient (Wildman–Crippen LogP) is 5.20. The summed E-state index contributed by atoms with van der Waals surface area (Å²) in [4.78, 5) is 27.6. The van der Waals surface area contributed by atoms with Gasteiger partial charge < -0.3 is 20.9 Å². The summed E-state index contributed by atoms with van der Waals surface area (Å²) in [5.74, 6) is 0.0281. The van der Waals surface area contributed by atoms with Crippen LogP contribution >= 0.6 is 0 Å². The lowest BCUT2D eigenvalue weighted by Gasteiger charge is -2.12. The van der Waals surface area contributed by atoms with Crippen LogP contribution in [0.2, 0.25) is 0 Å². The molecule has 204 valence electrons. The number of likely N-dealkylation sites (tertiary alicyclic amines) is 1. The highest BCUT2D eigenvalue weighted by Crippen LogP contribution is 2.65. The van der Waals surface area contributed by atoms with E-state index in [9.17, 15) is 27.2 Å². The van der Waals surface area contributed by atoms with Gasteiger partial charge in [0.25, 0.3) is 5.91 Å². The molecule has 1 saturated heterocycles. The standard InChI is InChI=1S/C14H11F4N3O2.C6H11N.C5H8.C2H6/c15-12-7(2-1-3-9(12)14(16,17)18)5-21-13(23)8-6-20-11(22)4-10(8)19;1-7-3-5-2-6(5)4-7;1-2-5(1)3-4-5;1-2/h1-4,6H,5H2,(H,21,23)(H3,19,20,22);5-6H,2-4H2,1H3;1-4H2;1-2H3. The van der Waals surface area contributed by atoms with Crippen LogP contribution in [0.1, 0.15) is 67.4 Å². The number of fused-ring (bicyclic) bond motifs is 1. The molecule has 1 aliphatic heterocycles. The Morgan fingerprint density at radius 2 is 1.76 bits per heavy atom. The number of piperidine rings is 1. The topological polar surface area (TPSA) is 91.2 Å². The first-order valence-corrected chi connectivity index (χ1v) is 12.8. The second-order valence-electron chi connectivity index (χ2n) is 10.1. The Kier molecular flexibility index (Phi) is 9.05. The summed E-state index contributed by atoms with van der Waals surface area (Å²) in [6, 6.07) is 3.77. The molecule has 6 nitrogen and oxygen atoms in total. The highest BCUT2D eigenvalue weighted by atomic mass is 19.4. The number of carbonyl (C=O) groups is 1. The Labute approximate surface area is 214 Å². The lowest BCUT2D eigenvalue weighted by molar-refractivity contribution is -0.140. The first-order chi connectivity index (χ1) is 17.5. The number of benzene rings is 1. The first kappa shape index (κ1) is 28.7. The number of nitrogens with zero attached hydrogens (tertiary/aromatic N) is 1. The number of alkyl halides is 3. The van der Waals surface area contributed by atoms with Crippen molar-refractivity contribution in [1.82, 2.24) is 15.2 Å². The average Bonchev–Trinajstić information content (AvgIpc) is 3.80. The third-order valence-corrected chi connectivity index (χ3v) is 7.10. The number of halogens is 4. The fourth-order valence-corrected chi connectivity index (χ4v) is 4.38. The lowest BCUT2D eigenvalue weighted by atomic mass is 10.1. The Balaban J connectivity index is 0.000000214. The molecular formula is C27H36F4N4O2. The fraction of sp³-hybridized carbons (Fsp3) is 0.556. The summed E-state index contributed by atoms with van der Waals surface area (Å²) in [6.07, 6.45) is 4.02. The molecule has 2 atom stereocenters. The van der Waals surface area contributed by atoms with Crippen LogP contribution in [-0.2, 0) is 12.7 Å². The number of H-pyrrole nitrogens is 1. The Morgan fingerprint density at radius 3 is 2.19 bits per heavy atom. The molecule has 2 unspecified atom stereocenters. The molecular weight excluding hydrogens is 488 g/mol. The van der Waals surface area contributed by atoms with Gasteiger partial charge in [0.1, 0.15) is 5.82 Å². The van der Waals surface area contributed by atoms with E-state index in [1.807, 2.05) is 13.8 Å². The van der Waals surface area contributed by atoms with Gasteiger partial charge in [0.2, 0.25) is 5.56 Å². The molecule has 0 bridgehead atoms. The number of anilines is 1. The highest BCUT2D eigenvalue weighted by molar-refractivity contribution is 5.98. The van der Waals surface area contributed by atoms with Gasteiger partial charge in [-0.15, -0.1) is 0 Å². The molecule has 4 aliphatic rings. The highest BCUT2D eigenvalue weighted by Gasteiger charge is 2.52. The van der Waals surface area contributed by atoms with Crippen LogP contribution in [0.3, 0.4) is 0 Å². The monoisotopic (exact) mass is 524 g/mol. The number of aromatic amines is 1. The summed E-state index contributed by atoms with van der Waals surface area (Å²) < 4.78 is 51.6. The number of nitrogen functional groups attached to an aromatic ring is 1. The van der Waals surface area contributed by atoms with E-state index in [4.69, 9.17) is 5.73 Å². The molecule has 4 fully saturated rings. The van der Waals surface area contributed by atoms with Crippen molar-refractivity contribution in [2.45, 2.75) is 58.7 Å². The van der Waals surface area contributed by atoms with Crippen molar-refractivity contribution in [2.75, 3.05) is 25.9 Å². The number of aromatic nitrogens is 1. The van der Waals surface area contributed by atoms with E-state index < -0.39 is 35.6 Å². The molecule has 3 aliphatic carbocycles. The number of pyridine rings is 1. The molecule has 2 heterocycles. The molecule has 6 rings (SSSR count). The van der Waals surface area contributed by atoms with E-state index in [-0.39, 0.29) is 16.8 Å². The summed E-state index contributed by atoms with van der Waals surface area (Å²) in [5, 5.41) is 2.25. The van der Waals surface area contributed by atoms with Crippen molar-refractivity contribution >= 4 is 11.6 Å². The van der Waals surface area contributed by atoms with Crippen LogP contribution in [0.4, 0.5) is 23.2 Å². The van der Waals surface area contributed by atoms with Crippen LogP contribution in [0.5, 0.6) is 0 Å². The maximum absolute atomic E-state index is 13.8. The van der Waals surface area contributed by atoms with Gasteiger partial charge >= 0.3 is 6.18 Å². The quantitative estimate of drug-likeness (QED) is 0.482. The summed E-state index contributed by atoms with van der Waals surface area (Å²) in [7, 11) is 2.21. The minimum atomic E-state index is -4.83. The van der Waals surface area contributed by atoms with Gasteiger partial charge in [0.05, 0.1) is 16.8 Å². The van der Waals surface area contributed by atoms with Crippen LogP contribution in [0.15, 0.2) is 35.3 Å². The maximum atomic E-state index is 13.8. The third kappa shape index (κ3) is 8.05. The summed E-state index contributed by atoms with van der Waals surface area (Å²) >= 11 is 0. The SMILES string of the molecule is C1CC12CC2.CC.CN1CC2CC2C1.Nc1cc(=O)[nH]cc1C(=O)NCc1cccc(C(F)(F)F)c1F. The normalized spacial score (nSPS) is 21.7. The van der Waals surface area contributed by atoms with Gasteiger partial charge in [-0.25, -0.2) is 4.39 Å². The number of amides is 1. The van der Waals surface area contributed by atoms with Crippen molar-refractivity contribution in [2.24, 2.45) is 17.3 Å². The number of hydrogen-bond donors (Lipinski definition) is 3. The van der Waals surface area contributed by atoms with Crippen molar-refractivity contribution < 1.29 is 22.4 Å². The number of nitrogens with two attached hydrogens (primary N) is 1. The third-order valence-electron chi connectivity index (χ3n) is 7.10. The van der Waals surface area contributed by atoms with E-state index in [0.29, 0.717) is 6.07 Å². The van der Waals surface area contributed by atoms with E-state index in [1.54, 1.807) is 25.7 Å². The second-order valence-corrected chi connectivity index (χ2v) is 10.1. The van der Waals surface area contributed by atoms with Crippen LogP contribution in [0, 0.1) is 23.1 Å². The Hall–Kier alpha value is -2.88. The van der Waals surface area contributed by atoms with Crippen molar-refractivity contribution in [1.29, 1.82) is 0 Å². The van der Waals surface area contributed by atoms with E-state index in [0.717, 1.165) is 41.6 Å². The molecule has 4 N–H and O–H groups in total. The smallest absolute Gasteiger partial charge is 0.398 e. The van der Waals surface area contributed by atoms with Crippen molar-refractivity contribution in [3.8, 4) is 0 Å². The number of carbonyl (C=O) groups excluding carboxylic acids is 1. The molecule has 0 radical (unpaired) electrons. The molecule has 1 aromatic carbocycles. The Bertz CT molecular complexity index is 1120. The van der Waals surface area contributed by atoms with Crippen LogP contribution < -0.4 is 16.6 Å². The maximum Gasteiger partial charge on any atom is 0.419 e. The van der Waals surface area contributed by atoms with Gasteiger partial charge in [0.15, 0.2) is 0 Å². The lowest BCUT2D eigenvalue weighted by Crippen LogP contribution is -2.26. The summed E-state index contributed by atoms with van der Waals surface area (Å²) in [5.41, 5.74) is 4.08. The zero-order valence-electron chi connectivity index (χ0n) is 21.6. The van der Waals surface area contributed by atoms with E-state index in [1.165, 1.54) is 19.5 Å². The van der Waals surface area contributed by atoms with Gasteiger partial charge in [0, 0.05) is 37.5 Å². The van der Waals surface area contributed by atoms with Crippen molar-refractivity contribution in [3.05, 3.63) is 63.3 Å². The molecule has 1 amide bonds. The molecule has 1 spiro atoms. The second kappa shape index (κ2) is 11.7. The van der Waals surface area contributed by atoms with E-state index >= 15 is 0 Å². The van der Waals surface area contributed by atoms with Gasteiger partial charge in [-0.1, -0.05) is 26.0 Å².